The monoisotopic (exact) mass is 231 g/mol. The maximum atomic E-state index is 12.4. The Labute approximate surface area is 101 Å². The van der Waals surface area contributed by atoms with E-state index >= 15 is 0 Å². The van der Waals surface area contributed by atoms with Crippen molar-refractivity contribution >= 4 is 5.78 Å². The smallest absolute Gasteiger partial charge is 0.212 e. The van der Waals surface area contributed by atoms with Crippen LogP contribution in [0.5, 0.6) is 0 Å². The third kappa shape index (κ3) is 1.82. The van der Waals surface area contributed by atoms with Gasteiger partial charge < -0.3 is 9.40 Å². The van der Waals surface area contributed by atoms with Gasteiger partial charge in [-0.25, -0.2) is 0 Å². The second kappa shape index (κ2) is 3.91. The van der Waals surface area contributed by atoms with Crippen LogP contribution in [0.3, 0.4) is 0 Å². The average Bonchev–Trinajstić information content (AvgIpc) is 2.72. The highest BCUT2D eigenvalue weighted by molar-refractivity contribution is 6.09. The lowest BCUT2D eigenvalue weighted by Crippen LogP contribution is -2.04. The van der Waals surface area contributed by atoms with Gasteiger partial charge in [-0.3, -0.25) is 4.79 Å². The minimum Gasteiger partial charge on any atom is -0.466 e. The molecule has 1 N–H and O–H groups in total. The second-order valence-corrected chi connectivity index (χ2v) is 4.53. The maximum Gasteiger partial charge on any atom is 0.212 e. The summed E-state index contributed by atoms with van der Waals surface area (Å²) in [5, 5.41) is 0. The summed E-state index contributed by atoms with van der Waals surface area (Å²) < 4.78 is 5.40. The largest absolute Gasteiger partial charge is 0.466 e. The molecule has 0 radical (unpaired) electrons. The molecule has 0 aliphatic rings. The van der Waals surface area contributed by atoms with Crippen molar-refractivity contribution in [2.45, 2.75) is 34.6 Å². The van der Waals surface area contributed by atoms with Crippen molar-refractivity contribution in [1.82, 2.24) is 4.98 Å². The van der Waals surface area contributed by atoms with Gasteiger partial charge in [0.25, 0.3) is 0 Å². The van der Waals surface area contributed by atoms with E-state index in [1.54, 1.807) is 6.07 Å². The van der Waals surface area contributed by atoms with Crippen molar-refractivity contribution in [3.63, 3.8) is 0 Å². The van der Waals surface area contributed by atoms with E-state index in [9.17, 15) is 4.79 Å². The van der Waals surface area contributed by atoms with E-state index in [0.29, 0.717) is 17.0 Å². The summed E-state index contributed by atoms with van der Waals surface area (Å²) in [4.78, 5) is 15.5. The number of aromatic nitrogens is 1. The summed E-state index contributed by atoms with van der Waals surface area (Å²) in [6.45, 7) is 9.63. The van der Waals surface area contributed by atoms with Crippen LogP contribution in [0, 0.1) is 34.6 Å². The van der Waals surface area contributed by atoms with Crippen LogP contribution in [0.1, 0.15) is 44.4 Å². The summed E-state index contributed by atoms with van der Waals surface area (Å²) in [6, 6.07) is 1.79. The number of hydrogen-bond acceptors (Lipinski definition) is 2. The van der Waals surface area contributed by atoms with Gasteiger partial charge in [0, 0.05) is 5.69 Å². The van der Waals surface area contributed by atoms with Gasteiger partial charge in [-0.05, 0) is 51.8 Å². The zero-order chi connectivity index (χ0) is 12.7. The first-order chi connectivity index (χ1) is 7.91. The molecule has 0 bridgehead atoms. The van der Waals surface area contributed by atoms with Gasteiger partial charge in [-0.1, -0.05) is 0 Å². The molecule has 0 unspecified atom stereocenters. The minimum atomic E-state index is 0.00745. The fourth-order valence-electron chi connectivity index (χ4n) is 2.06. The molecule has 90 valence electrons. The van der Waals surface area contributed by atoms with Gasteiger partial charge in [0.1, 0.15) is 11.5 Å². The number of ketones is 1. The van der Waals surface area contributed by atoms with E-state index < -0.39 is 0 Å². The van der Waals surface area contributed by atoms with Crippen LogP contribution < -0.4 is 0 Å². The Balaban J connectivity index is 2.51. The minimum absolute atomic E-state index is 0.00745. The molecule has 3 nitrogen and oxygen atoms in total. The fraction of sp³-hybridized carbons (Fsp3) is 0.357. The van der Waals surface area contributed by atoms with Crippen LogP contribution in [-0.2, 0) is 0 Å². The molecule has 0 saturated heterocycles. The molecule has 0 spiro atoms. The normalized spacial score (nSPS) is 10.9. The fourth-order valence-corrected chi connectivity index (χ4v) is 2.06. The molecule has 0 aliphatic carbocycles. The standard InChI is InChI=1S/C14H17NO2/c1-7-6-12(11(5)17-7)14(16)13-9(3)8(2)10(4)15-13/h6,15H,1-5H3. The van der Waals surface area contributed by atoms with E-state index in [0.717, 1.165) is 22.6 Å². The number of nitrogens with one attached hydrogen (secondary N) is 1. The molecule has 0 fully saturated rings. The predicted octanol–water partition coefficient (Wildman–Crippen LogP) is 3.38. The van der Waals surface area contributed by atoms with Crippen LogP contribution in [0.4, 0.5) is 0 Å². The number of aryl methyl sites for hydroxylation is 3. The number of carbonyl (C=O) groups is 1. The molecule has 0 saturated carbocycles. The number of hydrogen-bond donors (Lipinski definition) is 1. The quantitative estimate of drug-likeness (QED) is 0.805. The summed E-state index contributed by atoms with van der Waals surface area (Å²) in [6.07, 6.45) is 0. The predicted molar refractivity (Wildman–Crippen MR) is 66.6 cm³/mol. The number of carbonyl (C=O) groups excluding carboxylic acids is 1. The van der Waals surface area contributed by atoms with Crippen molar-refractivity contribution in [2.75, 3.05) is 0 Å². The van der Waals surface area contributed by atoms with Gasteiger partial charge in [-0.2, -0.15) is 0 Å². The Hall–Kier alpha value is -1.77. The Morgan fingerprint density at radius 3 is 2.18 bits per heavy atom. The van der Waals surface area contributed by atoms with E-state index in [4.69, 9.17) is 4.42 Å². The highest BCUT2D eigenvalue weighted by Crippen LogP contribution is 2.22. The van der Waals surface area contributed by atoms with Crippen LogP contribution >= 0.6 is 0 Å². The highest BCUT2D eigenvalue weighted by atomic mass is 16.3. The van der Waals surface area contributed by atoms with Gasteiger partial charge >= 0.3 is 0 Å². The summed E-state index contributed by atoms with van der Waals surface area (Å²) in [5.41, 5.74) is 4.52. The summed E-state index contributed by atoms with van der Waals surface area (Å²) >= 11 is 0. The van der Waals surface area contributed by atoms with Gasteiger partial charge in [0.2, 0.25) is 5.78 Å². The van der Waals surface area contributed by atoms with Crippen molar-refractivity contribution < 1.29 is 9.21 Å². The van der Waals surface area contributed by atoms with Crippen molar-refractivity contribution in [3.8, 4) is 0 Å². The first-order valence-electron chi connectivity index (χ1n) is 5.69. The molecule has 0 aliphatic heterocycles. The number of furan rings is 1. The first kappa shape index (κ1) is 11.7. The van der Waals surface area contributed by atoms with Crippen molar-refractivity contribution in [1.29, 1.82) is 0 Å². The van der Waals surface area contributed by atoms with E-state index in [1.807, 2.05) is 34.6 Å². The van der Waals surface area contributed by atoms with E-state index in [1.165, 1.54) is 0 Å². The molecule has 2 aromatic rings. The number of aromatic amines is 1. The van der Waals surface area contributed by atoms with E-state index in [-0.39, 0.29) is 5.78 Å². The van der Waals surface area contributed by atoms with Gasteiger partial charge in [0.05, 0.1) is 11.3 Å². The lowest BCUT2D eigenvalue weighted by Gasteiger charge is -1.98. The zero-order valence-electron chi connectivity index (χ0n) is 10.9. The Bertz CT molecular complexity index is 588. The lowest BCUT2D eigenvalue weighted by atomic mass is 10.0. The van der Waals surface area contributed by atoms with Crippen molar-refractivity contribution in [2.24, 2.45) is 0 Å². The van der Waals surface area contributed by atoms with E-state index in [2.05, 4.69) is 4.98 Å². The molecule has 2 rings (SSSR count). The first-order valence-corrected chi connectivity index (χ1v) is 5.69. The van der Waals surface area contributed by atoms with Gasteiger partial charge in [0.15, 0.2) is 0 Å². The molecular weight excluding hydrogens is 214 g/mol. The molecular formula is C14H17NO2. The molecule has 3 heteroatoms. The SMILES string of the molecule is Cc1cc(C(=O)c2[nH]c(C)c(C)c2C)c(C)o1. The topological polar surface area (TPSA) is 46.0 Å². The van der Waals surface area contributed by atoms with Crippen LogP contribution in [0.2, 0.25) is 0 Å². The zero-order valence-corrected chi connectivity index (χ0v) is 10.9. The van der Waals surface area contributed by atoms with Crippen LogP contribution in [0.15, 0.2) is 10.5 Å². The van der Waals surface area contributed by atoms with Gasteiger partial charge in [-0.15, -0.1) is 0 Å². The average molecular weight is 231 g/mol. The second-order valence-electron chi connectivity index (χ2n) is 4.53. The molecule has 2 aromatic heterocycles. The van der Waals surface area contributed by atoms with Crippen LogP contribution in [-0.4, -0.2) is 10.8 Å². The maximum absolute atomic E-state index is 12.4. The van der Waals surface area contributed by atoms with Crippen molar-refractivity contribution in [3.05, 3.63) is 45.7 Å². The Morgan fingerprint density at radius 1 is 1.12 bits per heavy atom. The molecule has 0 amide bonds. The third-order valence-electron chi connectivity index (χ3n) is 3.33. The Kier molecular flexibility index (Phi) is 2.69. The molecule has 2 heterocycles. The summed E-state index contributed by atoms with van der Waals surface area (Å²) in [7, 11) is 0. The number of rotatable bonds is 2. The third-order valence-corrected chi connectivity index (χ3v) is 3.33. The Morgan fingerprint density at radius 2 is 1.76 bits per heavy atom. The molecule has 0 atom stereocenters. The molecule has 0 aromatic carbocycles. The molecule has 17 heavy (non-hydrogen) atoms. The highest BCUT2D eigenvalue weighted by Gasteiger charge is 2.20. The number of H-pyrrole nitrogens is 1. The van der Waals surface area contributed by atoms with Crippen LogP contribution in [0.25, 0.3) is 0 Å². The summed E-state index contributed by atoms with van der Waals surface area (Å²) in [5.74, 6) is 1.45. The lowest BCUT2D eigenvalue weighted by molar-refractivity contribution is 0.103.